The van der Waals surface area contributed by atoms with Crippen LogP contribution in [0.1, 0.15) is 64.9 Å². The third-order valence-corrected chi connectivity index (χ3v) is 12.6. The summed E-state index contributed by atoms with van der Waals surface area (Å²) in [5.41, 5.74) is 0.195. The van der Waals surface area contributed by atoms with Crippen molar-refractivity contribution in [3.63, 3.8) is 0 Å². The van der Waals surface area contributed by atoms with Gasteiger partial charge in [0.25, 0.3) is 0 Å². The minimum absolute atomic E-state index is 0.0192. The first-order valence-electron chi connectivity index (χ1n) is 14.4. The number of nitrogens with zero attached hydrogens (tertiary/aromatic N) is 2. The van der Waals surface area contributed by atoms with Crippen LogP contribution >= 0.6 is 0 Å². The number of aliphatic hydroxyl groups is 1. The molecule has 38 heavy (non-hydrogen) atoms. The molecule has 9 heteroatoms. The highest BCUT2D eigenvalue weighted by Crippen LogP contribution is 2.71. The number of nitrogens with one attached hydrogen (secondary N) is 2. The summed E-state index contributed by atoms with van der Waals surface area (Å²) in [5.74, 6) is 0.226. The van der Waals surface area contributed by atoms with Gasteiger partial charge in [0.15, 0.2) is 0 Å². The average Bonchev–Trinajstić information content (AvgIpc) is 3.51. The molecule has 2 saturated carbocycles. The van der Waals surface area contributed by atoms with Crippen molar-refractivity contribution in [2.24, 2.45) is 16.7 Å². The second kappa shape index (κ2) is 10.1. The van der Waals surface area contributed by atoms with Gasteiger partial charge in [-0.25, -0.2) is 8.42 Å². The summed E-state index contributed by atoms with van der Waals surface area (Å²) in [7, 11) is -3.59. The van der Waals surface area contributed by atoms with Crippen molar-refractivity contribution in [1.29, 1.82) is 0 Å². The molecule has 4 fully saturated rings. The molecule has 0 spiro atoms. The lowest BCUT2D eigenvalue weighted by Crippen LogP contribution is -2.59. The van der Waals surface area contributed by atoms with Crippen molar-refractivity contribution in [1.82, 2.24) is 14.9 Å². The van der Waals surface area contributed by atoms with Crippen LogP contribution < -0.4 is 15.5 Å². The summed E-state index contributed by atoms with van der Waals surface area (Å²) in [6, 6.07) is 7.83. The quantitative estimate of drug-likeness (QED) is 0.464. The molecule has 4 unspecified atom stereocenters. The maximum Gasteiger partial charge on any atom is 0.237 e. The number of aryl methyl sites for hydroxylation is 1. The number of piperazine rings is 1. The molecule has 5 rings (SSSR count). The monoisotopic (exact) mass is 546 g/mol. The third-order valence-electron chi connectivity index (χ3n) is 10.6. The minimum Gasteiger partial charge on any atom is -0.389 e. The van der Waals surface area contributed by atoms with Crippen LogP contribution in [-0.2, 0) is 14.8 Å². The Morgan fingerprint density at radius 2 is 1.89 bits per heavy atom. The molecule has 0 aromatic heterocycles. The van der Waals surface area contributed by atoms with E-state index in [1.165, 1.54) is 5.56 Å². The van der Waals surface area contributed by atoms with Crippen molar-refractivity contribution in [3.05, 3.63) is 29.8 Å². The second-order valence-corrected chi connectivity index (χ2v) is 14.9. The predicted molar refractivity (Wildman–Crippen MR) is 151 cm³/mol. The van der Waals surface area contributed by atoms with Crippen LogP contribution in [0.3, 0.4) is 0 Å². The number of para-hydroxylation sites is 1. The maximum absolute atomic E-state index is 14.0. The van der Waals surface area contributed by atoms with E-state index in [1.807, 2.05) is 19.1 Å². The molecular weight excluding hydrogens is 500 g/mol. The number of fused-ring (bicyclic) bond motifs is 2. The van der Waals surface area contributed by atoms with Gasteiger partial charge in [0, 0.05) is 43.3 Å². The zero-order valence-corrected chi connectivity index (χ0v) is 24.3. The minimum atomic E-state index is -3.59. The number of rotatable bonds is 8. The first kappa shape index (κ1) is 27.9. The fourth-order valence-corrected chi connectivity index (χ4v) is 10.6. The van der Waals surface area contributed by atoms with Crippen LogP contribution in [0.25, 0.3) is 0 Å². The van der Waals surface area contributed by atoms with E-state index in [2.05, 4.69) is 48.4 Å². The number of carbonyl (C=O) groups is 1. The SMILES string of the molecule is Cc1ccccc1N1CCN(S(=O)(=O)CC23CCC(CC2(O)CC(C)NC(=O)[C@@H]2CCCN2)C3(C)C)CC1. The molecule has 2 bridgehead atoms. The Hall–Kier alpha value is -1.68. The Bertz CT molecular complexity index is 1140. The fraction of sp³-hybridized carbons (Fsp3) is 0.759. The van der Waals surface area contributed by atoms with Crippen molar-refractivity contribution < 1.29 is 18.3 Å². The molecule has 3 N–H and O–H groups in total. The summed E-state index contributed by atoms with van der Waals surface area (Å²) >= 11 is 0. The maximum atomic E-state index is 14.0. The molecule has 212 valence electrons. The van der Waals surface area contributed by atoms with E-state index in [-0.39, 0.29) is 35.1 Å². The van der Waals surface area contributed by atoms with Gasteiger partial charge in [-0.05, 0) is 81.9 Å². The molecule has 0 radical (unpaired) electrons. The van der Waals surface area contributed by atoms with Crippen LogP contribution in [0.2, 0.25) is 0 Å². The van der Waals surface area contributed by atoms with Gasteiger partial charge in [-0.3, -0.25) is 4.79 Å². The molecule has 2 saturated heterocycles. The van der Waals surface area contributed by atoms with Crippen LogP contribution in [-0.4, -0.2) is 79.9 Å². The highest BCUT2D eigenvalue weighted by atomic mass is 32.2. The summed E-state index contributed by atoms with van der Waals surface area (Å²) in [6.07, 6.45) is 4.44. The van der Waals surface area contributed by atoms with Crippen molar-refractivity contribution in [3.8, 4) is 0 Å². The topological polar surface area (TPSA) is 102 Å². The Labute approximate surface area is 228 Å². The lowest BCUT2D eigenvalue weighted by atomic mass is 9.62. The van der Waals surface area contributed by atoms with Crippen LogP contribution in [0.4, 0.5) is 5.69 Å². The molecule has 4 aliphatic rings. The molecule has 1 amide bonds. The Balaban J connectivity index is 1.30. The zero-order chi connectivity index (χ0) is 27.3. The van der Waals surface area contributed by atoms with Gasteiger partial charge in [-0.2, -0.15) is 4.31 Å². The Kier molecular flexibility index (Phi) is 7.38. The molecule has 1 aromatic carbocycles. The number of benzene rings is 1. The number of sulfonamides is 1. The van der Waals surface area contributed by atoms with Gasteiger partial charge < -0.3 is 20.6 Å². The van der Waals surface area contributed by atoms with E-state index in [0.29, 0.717) is 45.4 Å². The summed E-state index contributed by atoms with van der Waals surface area (Å²) in [4.78, 5) is 15.0. The summed E-state index contributed by atoms with van der Waals surface area (Å²) in [5, 5.41) is 18.6. The number of amides is 1. The van der Waals surface area contributed by atoms with E-state index in [1.54, 1.807) is 4.31 Å². The van der Waals surface area contributed by atoms with Gasteiger partial charge >= 0.3 is 0 Å². The van der Waals surface area contributed by atoms with Gasteiger partial charge in [0.2, 0.25) is 15.9 Å². The second-order valence-electron chi connectivity index (χ2n) is 13.0. The number of carbonyl (C=O) groups excluding carboxylic acids is 1. The first-order valence-corrected chi connectivity index (χ1v) is 16.0. The molecule has 5 atom stereocenters. The van der Waals surface area contributed by atoms with Gasteiger partial charge in [0.1, 0.15) is 0 Å². The summed E-state index contributed by atoms with van der Waals surface area (Å²) in [6.45, 7) is 11.4. The molecule has 2 heterocycles. The molecule has 1 aromatic rings. The first-order chi connectivity index (χ1) is 17.9. The number of anilines is 1. The predicted octanol–water partition coefficient (Wildman–Crippen LogP) is 2.65. The standard InChI is InChI=1S/C29H46N4O4S/c1-21-8-5-6-10-25(21)32-14-16-33(17-15-32)38(36,37)20-28-12-11-23(27(28,3)4)19-29(28,35)18-22(2)31-26(34)24-9-7-13-30-24/h5-6,8,10,22-24,30,35H,7,9,11-20H2,1-4H3,(H,31,34)/t22?,23?,24-,28?,29?/m0/s1. The fourth-order valence-electron chi connectivity index (χ4n) is 8.30. The molecule has 2 aliphatic carbocycles. The highest BCUT2D eigenvalue weighted by Gasteiger charge is 2.71. The largest absolute Gasteiger partial charge is 0.389 e. The van der Waals surface area contributed by atoms with E-state index in [0.717, 1.165) is 31.5 Å². The van der Waals surface area contributed by atoms with E-state index < -0.39 is 21.0 Å². The van der Waals surface area contributed by atoms with Crippen LogP contribution in [0, 0.1) is 23.7 Å². The van der Waals surface area contributed by atoms with Gasteiger partial charge in [-0.15, -0.1) is 0 Å². The Morgan fingerprint density at radius 1 is 1.18 bits per heavy atom. The van der Waals surface area contributed by atoms with Crippen molar-refractivity contribution in [2.75, 3.05) is 43.4 Å². The molecular formula is C29H46N4O4S. The lowest BCUT2D eigenvalue weighted by molar-refractivity contribution is -0.125. The van der Waals surface area contributed by atoms with E-state index in [9.17, 15) is 18.3 Å². The number of hydrogen-bond acceptors (Lipinski definition) is 6. The van der Waals surface area contributed by atoms with Gasteiger partial charge in [-0.1, -0.05) is 32.0 Å². The van der Waals surface area contributed by atoms with E-state index >= 15 is 0 Å². The highest BCUT2D eigenvalue weighted by molar-refractivity contribution is 7.89. The Morgan fingerprint density at radius 3 is 2.53 bits per heavy atom. The van der Waals surface area contributed by atoms with Gasteiger partial charge in [0.05, 0.1) is 17.4 Å². The zero-order valence-electron chi connectivity index (χ0n) is 23.5. The van der Waals surface area contributed by atoms with Crippen molar-refractivity contribution in [2.45, 2.75) is 83.9 Å². The molecule has 2 aliphatic heterocycles. The van der Waals surface area contributed by atoms with Crippen LogP contribution in [0.5, 0.6) is 0 Å². The third kappa shape index (κ3) is 4.67. The van der Waals surface area contributed by atoms with Crippen LogP contribution in [0.15, 0.2) is 24.3 Å². The van der Waals surface area contributed by atoms with E-state index in [4.69, 9.17) is 0 Å². The lowest BCUT2D eigenvalue weighted by Gasteiger charge is -2.49. The van der Waals surface area contributed by atoms with Crippen molar-refractivity contribution >= 4 is 21.6 Å². The summed E-state index contributed by atoms with van der Waals surface area (Å²) < 4.78 is 29.6. The molecule has 8 nitrogen and oxygen atoms in total. The average molecular weight is 547 g/mol. The smallest absolute Gasteiger partial charge is 0.237 e. The number of hydrogen-bond donors (Lipinski definition) is 3. The normalized spacial score (nSPS) is 34.0.